The molecule has 2 aliphatic rings. The van der Waals surface area contributed by atoms with Crippen molar-refractivity contribution in [3.05, 3.63) is 53.3 Å². The summed E-state index contributed by atoms with van der Waals surface area (Å²) in [6.45, 7) is 3.44. The molecular formula is C26H36N2O4S. The second kappa shape index (κ2) is 11.0. The zero-order valence-electron chi connectivity index (χ0n) is 19.8. The molecule has 180 valence electrons. The van der Waals surface area contributed by atoms with E-state index in [2.05, 4.69) is 23.9 Å². The van der Waals surface area contributed by atoms with Crippen molar-refractivity contribution in [2.45, 2.75) is 69.2 Å². The molecule has 0 spiro atoms. The fourth-order valence-corrected chi connectivity index (χ4v) is 6.00. The molecule has 33 heavy (non-hydrogen) atoms. The minimum absolute atomic E-state index is 0.0383. The lowest BCUT2D eigenvalue weighted by Gasteiger charge is -2.19. The Bertz CT molecular complexity index is 1040. The Labute approximate surface area is 198 Å². The number of fused-ring (bicyclic) bond motifs is 1. The third kappa shape index (κ3) is 6.34. The van der Waals surface area contributed by atoms with Crippen molar-refractivity contribution in [3.63, 3.8) is 0 Å². The number of ether oxygens (including phenoxy) is 1. The highest BCUT2D eigenvalue weighted by Gasteiger charge is 2.23. The van der Waals surface area contributed by atoms with Crippen LogP contribution in [-0.2, 0) is 27.1 Å². The maximum Gasteiger partial charge on any atom is 0.297 e. The van der Waals surface area contributed by atoms with Crippen molar-refractivity contribution in [3.8, 4) is 5.75 Å². The van der Waals surface area contributed by atoms with Gasteiger partial charge in [0.25, 0.3) is 10.1 Å². The number of hydrogen-bond donors (Lipinski definition) is 0. The summed E-state index contributed by atoms with van der Waals surface area (Å²) in [5.41, 5.74) is 3.54. The van der Waals surface area contributed by atoms with Crippen LogP contribution in [0.5, 0.6) is 5.75 Å². The summed E-state index contributed by atoms with van der Waals surface area (Å²) in [7, 11) is -1.71. The average molecular weight is 473 g/mol. The third-order valence-electron chi connectivity index (χ3n) is 6.91. The van der Waals surface area contributed by atoms with E-state index < -0.39 is 10.1 Å². The van der Waals surface area contributed by atoms with E-state index in [4.69, 9.17) is 8.92 Å². The monoisotopic (exact) mass is 472 g/mol. The van der Waals surface area contributed by atoms with Gasteiger partial charge in [0.05, 0.1) is 11.1 Å². The van der Waals surface area contributed by atoms with Gasteiger partial charge in [0.1, 0.15) is 19.0 Å². The number of nitrogens with zero attached hydrogens (tertiary/aromatic N) is 2. The van der Waals surface area contributed by atoms with E-state index in [9.17, 15) is 8.42 Å². The minimum atomic E-state index is -3.83. The SMILES string of the molecule is CC1CCCCCc2ccc(S(=O)(=O)OCCOc3cncc(C4CCCN4C)c3)cc2C1. The van der Waals surface area contributed by atoms with Crippen molar-refractivity contribution in [2.75, 3.05) is 26.8 Å². The molecule has 1 aliphatic carbocycles. The summed E-state index contributed by atoms with van der Waals surface area (Å²) in [6.07, 6.45) is 12.6. The van der Waals surface area contributed by atoms with Gasteiger partial charge in [0, 0.05) is 12.2 Å². The summed E-state index contributed by atoms with van der Waals surface area (Å²) in [6, 6.07) is 7.83. The molecule has 7 heteroatoms. The lowest BCUT2D eigenvalue weighted by atomic mass is 9.94. The number of aromatic nitrogens is 1. The zero-order valence-corrected chi connectivity index (χ0v) is 20.6. The van der Waals surface area contributed by atoms with Crippen molar-refractivity contribution < 1.29 is 17.3 Å². The lowest BCUT2D eigenvalue weighted by Crippen LogP contribution is -2.18. The molecule has 1 aromatic carbocycles. The summed E-state index contributed by atoms with van der Waals surface area (Å²) in [5, 5.41) is 0. The van der Waals surface area contributed by atoms with Crippen LogP contribution in [0.15, 0.2) is 41.6 Å². The van der Waals surface area contributed by atoms with E-state index in [0.29, 0.717) is 17.7 Å². The van der Waals surface area contributed by atoms with Crippen LogP contribution in [-0.4, -0.2) is 45.1 Å². The minimum Gasteiger partial charge on any atom is -0.490 e. The Hall–Kier alpha value is -1.96. The van der Waals surface area contributed by atoms with Gasteiger partial charge in [-0.15, -0.1) is 0 Å². The first-order valence-corrected chi connectivity index (χ1v) is 13.6. The lowest BCUT2D eigenvalue weighted by molar-refractivity contribution is 0.220. The largest absolute Gasteiger partial charge is 0.490 e. The van der Waals surface area contributed by atoms with Crippen LogP contribution >= 0.6 is 0 Å². The Morgan fingerprint density at radius 3 is 2.73 bits per heavy atom. The Morgan fingerprint density at radius 2 is 1.91 bits per heavy atom. The van der Waals surface area contributed by atoms with Gasteiger partial charge < -0.3 is 4.74 Å². The first-order chi connectivity index (χ1) is 15.9. The van der Waals surface area contributed by atoms with Crippen LogP contribution < -0.4 is 4.74 Å². The van der Waals surface area contributed by atoms with Crippen LogP contribution in [0.2, 0.25) is 0 Å². The topological polar surface area (TPSA) is 68.7 Å². The van der Waals surface area contributed by atoms with Gasteiger partial charge in [-0.2, -0.15) is 8.42 Å². The molecule has 2 atom stereocenters. The maximum atomic E-state index is 12.8. The number of rotatable bonds is 7. The van der Waals surface area contributed by atoms with Crippen molar-refractivity contribution >= 4 is 10.1 Å². The molecule has 0 bridgehead atoms. The predicted molar refractivity (Wildman–Crippen MR) is 129 cm³/mol. The number of likely N-dealkylation sites (tertiary alicyclic amines) is 1. The highest BCUT2D eigenvalue weighted by molar-refractivity contribution is 7.86. The van der Waals surface area contributed by atoms with Crippen LogP contribution in [0.1, 0.15) is 68.2 Å². The second-order valence-corrected chi connectivity index (χ2v) is 11.2. The Balaban J connectivity index is 1.34. The molecule has 1 fully saturated rings. The molecule has 2 unspecified atom stereocenters. The van der Waals surface area contributed by atoms with Crippen LogP contribution in [0.3, 0.4) is 0 Å². The quantitative estimate of drug-likeness (QED) is 0.421. The molecule has 1 aromatic heterocycles. The average Bonchev–Trinajstić information content (AvgIpc) is 3.26. The van der Waals surface area contributed by atoms with Crippen LogP contribution in [0.4, 0.5) is 0 Å². The highest BCUT2D eigenvalue weighted by Crippen LogP contribution is 2.31. The summed E-state index contributed by atoms with van der Waals surface area (Å²) in [4.78, 5) is 6.85. The molecule has 0 saturated carbocycles. The first kappa shape index (κ1) is 24.2. The predicted octanol–water partition coefficient (Wildman–Crippen LogP) is 4.93. The third-order valence-corrected chi connectivity index (χ3v) is 8.22. The molecule has 0 N–H and O–H groups in total. The van der Waals surface area contributed by atoms with E-state index in [1.165, 1.54) is 31.2 Å². The van der Waals surface area contributed by atoms with Gasteiger partial charge in [-0.1, -0.05) is 32.3 Å². The van der Waals surface area contributed by atoms with Crippen molar-refractivity contribution in [1.82, 2.24) is 9.88 Å². The van der Waals surface area contributed by atoms with Gasteiger partial charge >= 0.3 is 0 Å². The molecule has 2 aromatic rings. The Morgan fingerprint density at radius 1 is 1.03 bits per heavy atom. The standard InChI is InChI=1S/C26H36N2O4S/c1-20-7-4-3-5-8-21-10-11-25(17-22(21)15-20)33(29,30)32-14-13-31-24-16-23(18-27-19-24)26-9-6-12-28(26)2/h10-11,16-20,26H,3-9,12-15H2,1-2H3. The normalized spacial score (nSPS) is 22.2. The Kier molecular flexibility index (Phi) is 8.04. The zero-order chi connectivity index (χ0) is 23.3. The van der Waals surface area contributed by atoms with E-state index in [1.54, 1.807) is 12.3 Å². The number of pyridine rings is 1. The number of aryl methyl sites for hydroxylation is 1. The van der Waals surface area contributed by atoms with Gasteiger partial charge in [0.2, 0.25) is 0 Å². The summed E-state index contributed by atoms with van der Waals surface area (Å²) in [5.74, 6) is 1.20. The van der Waals surface area contributed by atoms with Crippen molar-refractivity contribution in [1.29, 1.82) is 0 Å². The molecule has 4 rings (SSSR count). The molecule has 0 radical (unpaired) electrons. The van der Waals surface area contributed by atoms with Crippen LogP contribution in [0, 0.1) is 5.92 Å². The van der Waals surface area contributed by atoms with Crippen LogP contribution in [0.25, 0.3) is 0 Å². The van der Waals surface area contributed by atoms with E-state index in [-0.39, 0.29) is 18.1 Å². The molecule has 1 aliphatic heterocycles. The molecule has 6 nitrogen and oxygen atoms in total. The van der Waals surface area contributed by atoms with E-state index in [0.717, 1.165) is 43.4 Å². The smallest absolute Gasteiger partial charge is 0.297 e. The summed E-state index contributed by atoms with van der Waals surface area (Å²) >= 11 is 0. The highest BCUT2D eigenvalue weighted by atomic mass is 32.2. The molecular weight excluding hydrogens is 436 g/mol. The van der Waals surface area contributed by atoms with Gasteiger partial charge in [-0.3, -0.25) is 14.1 Å². The van der Waals surface area contributed by atoms with Gasteiger partial charge in [0.15, 0.2) is 0 Å². The van der Waals surface area contributed by atoms with Gasteiger partial charge in [-0.05, 0) is 86.5 Å². The first-order valence-electron chi connectivity index (χ1n) is 12.2. The van der Waals surface area contributed by atoms with E-state index >= 15 is 0 Å². The fraction of sp³-hybridized carbons (Fsp3) is 0.577. The molecule has 1 saturated heterocycles. The fourth-order valence-electron chi connectivity index (χ4n) is 5.05. The molecule has 0 amide bonds. The summed E-state index contributed by atoms with van der Waals surface area (Å²) < 4.78 is 36.7. The number of benzene rings is 1. The number of hydrogen-bond acceptors (Lipinski definition) is 6. The van der Waals surface area contributed by atoms with E-state index in [1.807, 2.05) is 24.4 Å². The van der Waals surface area contributed by atoms with Crippen molar-refractivity contribution in [2.24, 2.45) is 5.92 Å². The second-order valence-electron chi connectivity index (χ2n) is 9.56. The van der Waals surface area contributed by atoms with Gasteiger partial charge in [-0.25, -0.2) is 0 Å². The maximum absolute atomic E-state index is 12.8. The molecule has 2 heterocycles.